The van der Waals surface area contributed by atoms with Gasteiger partial charge in [0.25, 0.3) is 5.56 Å². The molecular formula is C13H10N2O5. The minimum Gasteiger partial charge on any atom is -0.496 e. The number of benzene rings is 1. The predicted octanol–water partition coefficient (Wildman–Crippen LogP) is 1.26. The van der Waals surface area contributed by atoms with Gasteiger partial charge in [0.2, 0.25) is 0 Å². The molecule has 0 fully saturated rings. The molecule has 1 aromatic rings. The van der Waals surface area contributed by atoms with Gasteiger partial charge in [0.1, 0.15) is 34.8 Å². The fourth-order valence-electron chi connectivity index (χ4n) is 2.21. The molecule has 0 aromatic heterocycles. The molecule has 0 radical (unpaired) electrons. The molecule has 2 heterocycles. The van der Waals surface area contributed by atoms with Crippen molar-refractivity contribution in [3.05, 3.63) is 34.3 Å². The topological polar surface area (TPSA) is 105 Å². The first-order chi connectivity index (χ1) is 9.61. The van der Waals surface area contributed by atoms with Gasteiger partial charge < -0.3 is 14.3 Å². The minimum atomic E-state index is -1.09. The number of rotatable bonds is 3. The highest BCUT2D eigenvalue weighted by Gasteiger charge is 2.25. The van der Waals surface area contributed by atoms with E-state index < -0.39 is 17.9 Å². The monoisotopic (exact) mass is 274 g/mol. The average Bonchev–Trinajstić information content (AvgIpc) is 2.80. The Labute approximate surface area is 112 Å². The highest BCUT2D eigenvalue weighted by molar-refractivity contribution is 5.97. The molecule has 7 heteroatoms. The number of hydrogen-bond donors (Lipinski definition) is 2. The normalized spacial score (nSPS) is 11.1. The lowest BCUT2D eigenvalue weighted by Gasteiger charge is -2.10. The number of hydrogen-bond acceptors (Lipinski definition) is 5. The van der Waals surface area contributed by atoms with Crippen molar-refractivity contribution in [2.75, 3.05) is 7.11 Å². The van der Waals surface area contributed by atoms with Crippen molar-refractivity contribution >= 4 is 16.9 Å². The standard InChI is InChI=1S/C13H10N2O5/c1-19-6-3-2-4-7-10(6)12-11(13(18)15-14-12)8(20-7)5-9(16)17/h2-4H,5H2,1H3,(H,15,18)(H,16,17). The SMILES string of the molecule is COc1cccc2oc(CC(=O)O)c3c(=O)[nH]nc-3c12. The molecule has 0 unspecified atom stereocenters. The van der Waals surface area contributed by atoms with Gasteiger partial charge in [-0.25, -0.2) is 5.10 Å². The van der Waals surface area contributed by atoms with E-state index in [2.05, 4.69) is 10.2 Å². The number of carboxylic acid groups (broad SMARTS) is 1. The van der Waals surface area contributed by atoms with Crippen LogP contribution in [0.3, 0.4) is 0 Å². The van der Waals surface area contributed by atoms with E-state index >= 15 is 0 Å². The van der Waals surface area contributed by atoms with Gasteiger partial charge in [0.05, 0.1) is 12.5 Å². The first-order valence-electron chi connectivity index (χ1n) is 5.80. The number of carbonyl (C=O) groups is 1. The van der Waals surface area contributed by atoms with Crippen molar-refractivity contribution in [2.24, 2.45) is 0 Å². The first kappa shape index (κ1) is 12.2. The lowest BCUT2D eigenvalue weighted by molar-refractivity contribution is -0.136. The average molecular weight is 274 g/mol. The van der Waals surface area contributed by atoms with Gasteiger partial charge in [-0.1, -0.05) is 6.07 Å². The highest BCUT2D eigenvalue weighted by atomic mass is 16.5. The quantitative estimate of drug-likeness (QED) is 0.744. The maximum Gasteiger partial charge on any atom is 0.311 e. The summed E-state index contributed by atoms with van der Waals surface area (Å²) in [5.74, 6) is -0.505. The molecule has 0 aliphatic carbocycles. The van der Waals surface area contributed by atoms with E-state index in [4.69, 9.17) is 14.3 Å². The lowest BCUT2D eigenvalue weighted by Crippen LogP contribution is -2.08. The van der Waals surface area contributed by atoms with E-state index in [0.717, 1.165) is 0 Å². The molecule has 0 spiro atoms. The van der Waals surface area contributed by atoms with Crippen LogP contribution in [0.25, 0.3) is 22.2 Å². The Bertz CT molecular complexity index is 833. The zero-order chi connectivity index (χ0) is 14.3. The molecule has 3 rings (SSSR count). The maximum atomic E-state index is 11.8. The largest absolute Gasteiger partial charge is 0.496 e. The zero-order valence-corrected chi connectivity index (χ0v) is 10.5. The van der Waals surface area contributed by atoms with E-state index in [1.54, 1.807) is 18.2 Å². The summed E-state index contributed by atoms with van der Waals surface area (Å²) in [5.41, 5.74) is 0.432. The predicted molar refractivity (Wildman–Crippen MR) is 69.1 cm³/mol. The first-order valence-corrected chi connectivity index (χ1v) is 5.80. The number of aromatic nitrogens is 2. The van der Waals surface area contributed by atoms with Gasteiger partial charge in [-0.3, -0.25) is 9.59 Å². The summed E-state index contributed by atoms with van der Waals surface area (Å²) in [6.07, 6.45) is -0.390. The molecule has 0 bridgehead atoms. The number of fused-ring (bicyclic) bond motifs is 3. The second-order valence-electron chi connectivity index (χ2n) is 4.21. The number of carboxylic acids is 1. The molecule has 7 nitrogen and oxygen atoms in total. The van der Waals surface area contributed by atoms with Gasteiger partial charge in [-0.2, -0.15) is 5.10 Å². The third-order valence-electron chi connectivity index (χ3n) is 3.00. The van der Waals surface area contributed by atoms with Crippen LogP contribution in [0.1, 0.15) is 5.76 Å². The number of aromatic amines is 1. The Hall–Kier alpha value is -2.83. The Kier molecular flexibility index (Phi) is 2.67. The van der Waals surface area contributed by atoms with Crippen molar-refractivity contribution < 1.29 is 19.1 Å². The highest BCUT2D eigenvalue weighted by Crippen LogP contribution is 2.36. The maximum absolute atomic E-state index is 11.8. The summed E-state index contributed by atoms with van der Waals surface area (Å²) in [7, 11) is 1.50. The number of methoxy groups -OCH3 is 1. The van der Waals surface area contributed by atoms with Crippen LogP contribution < -0.4 is 10.3 Å². The summed E-state index contributed by atoms with van der Waals surface area (Å²) < 4.78 is 10.8. The van der Waals surface area contributed by atoms with Gasteiger partial charge >= 0.3 is 5.97 Å². The second kappa shape index (κ2) is 4.37. The van der Waals surface area contributed by atoms with Crippen LogP contribution in [-0.2, 0) is 11.2 Å². The molecular weight excluding hydrogens is 264 g/mol. The van der Waals surface area contributed by atoms with Crippen LogP contribution in [0.15, 0.2) is 27.4 Å². The van der Waals surface area contributed by atoms with Crippen LogP contribution in [-0.4, -0.2) is 28.4 Å². The minimum absolute atomic E-state index is 0.0759. The fraction of sp³-hybridized carbons (Fsp3) is 0.154. The van der Waals surface area contributed by atoms with Crippen molar-refractivity contribution in [3.63, 3.8) is 0 Å². The van der Waals surface area contributed by atoms with Crippen molar-refractivity contribution in [1.29, 1.82) is 0 Å². The zero-order valence-electron chi connectivity index (χ0n) is 10.5. The molecule has 102 valence electrons. The third kappa shape index (κ3) is 1.71. The number of H-pyrrole nitrogens is 1. The van der Waals surface area contributed by atoms with E-state index in [-0.39, 0.29) is 11.3 Å². The fourth-order valence-corrected chi connectivity index (χ4v) is 2.21. The van der Waals surface area contributed by atoms with Crippen LogP contribution in [0.5, 0.6) is 5.75 Å². The molecule has 0 atom stereocenters. The number of nitrogens with one attached hydrogen (secondary N) is 1. The van der Waals surface area contributed by atoms with Gasteiger partial charge in [0.15, 0.2) is 0 Å². The summed E-state index contributed by atoms with van der Waals surface area (Å²) in [5, 5.41) is 15.7. The third-order valence-corrected chi connectivity index (χ3v) is 3.00. The molecule has 20 heavy (non-hydrogen) atoms. The van der Waals surface area contributed by atoms with E-state index in [1.807, 2.05) is 0 Å². The molecule has 2 N–H and O–H groups in total. The van der Waals surface area contributed by atoms with E-state index in [9.17, 15) is 9.59 Å². The summed E-state index contributed by atoms with van der Waals surface area (Å²) in [6.45, 7) is 0. The molecule has 0 saturated carbocycles. The number of nitrogens with zero attached hydrogens (tertiary/aromatic N) is 1. The Morgan fingerprint density at radius 2 is 2.30 bits per heavy atom. The number of aliphatic carboxylic acids is 1. The smallest absolute Gasteiger partial charge is 0.311 e. The van der Waals surface area contributed by atoms with Gasteiger partial charge in [-0.15, -0.1) is 0 Å². The van der Waals surface area contributed by atoms with Crippen LogP contribution in [0.2, 0.25) is 0 Å². The summed E-state index contributed by atoms with van der Waals surface area (Å²) >= 11 is 0. The van der Waals surface area contributed by atoms with E-state index in [1.165, 1.54) is 7.11 Å². The van der Waals surface area contributed by atoms with Gasteiger partial charge in [-0.05, 0) is 12.1 Å². The molecule has 0 saturated heterocycles. The van der Waals surface area contributed by atoms with Gasteiger partial charge in [0, 0.05) is 0 Å². The Morgan fingerprint density at radius 1 is 1.50 bits per heavy atom. The van der Waals surface area contributed by atoms with Crippen LogP contribution in [0, 0.1) is 0 Å². The molecule has 2 aliphatic heterocycles. The summed E-state index contributed by atoms with van der Waals surface area (Å²) in [6, 6.07) is 5.10. The van der Waals surface area contributed by atoms with E-state index in [0.29, 0.717) is 22.4 Å². The van der Waals surface area contributed by atoms with Crippen molar-refractivity contribution in [2.45, 2.75) is 6.42 Å². The molecule has 0 amide bonds. The second-order valence-corrected chi connectivity index (χ2v) is 4.21. The molecule has 2 aliphatic rings. The van der Waals surface area contributed by atoms with Crippen molar-refractivity contribution in [1.82, 2.24) is 10.2 Å². The van der Waals surface area contributed by atoms with Crippen LogP contribution >= 0.6 is 0 Å². The van der Waals surface area contributed by atoms with Crippen LogP contribution in [0.4, 0.5) is 0 Å². The Morgan fingerprint density at radius 3 is 3.00 bits per heavy atom. The lowest BCUT2D eigenvalue weighted by atomic mass is 10.0. The molecule has 1 aromatic carbocycles. The summed E-state index contributed by atoms with van der Waals surface area (Å²) in [4.78, 5) is 22.7. The number of ether oxygens (including phenoxy) is 1. The van der Waals surface area contributed by atoms with Crippen molar-refractivity contribution in [3.8, 4) is 17.0 Å². The Balaban J connectivity index is 2.44.